The van der Waals surface area contributed by atoms with Crippen LogP contribution in [0.3, 0.4) is 0 Å². The molecule has 0 atom stereocenters. The van der Waals surface area contributed by atoms with E-state index in [-0.39, 0.29) is 0 Å². The summed E-state index contributed by atoms with van der Waals surface area (Å²) in [6.07, 6.45) is 0. The van der Waals surface area contributed by atoms with Gasteiger partial charge in [-0.1, -0.05) is 20.8 Å². The molecule has 0 aromatic carbocycles. The first-order valence-electron chi connectivity index (χ1n) is 3.95. The van der Waals surface area contributed by atoms with Gasteiger partial charge in [0.05, 0.1) is 0 Å². The minimum absolute atomic E-state index is 0.461. The molecule has 0 saturated heterocycles. The number of rotatable bonds is 0. The monoisotopic (exact) mass is 118 g/mol. The van der Waals surface area contributed by atoms with Crippen molar-refractivity contribution in [1.82, 2.24) is 5.32 Å². The quantitative estimate of drug-likeness (QED) is 0.500. The van der Waals surface area contributed by atoms with Gasteiger partial charge in [-0.2, -0.15) is 0 Å². The van der Waals surface area contributed by atoms with Gasteiger partial charge in [-0.3, -0.25) is 4.79 Å². The molecule has 0 unspecified atom stereocenters. The van der Waals surface area contributed by atoms with E-state index in [4.69, 9.17) is 4.11 Å². The average Bonchev–Trinajstić information content (AvgIpc) is 1.56. The van der Waals surface area contributed by atoms with Crippen molar-refractivity contribution in [2.24, 2.45) is 5.41 Å². The van der Waals surface area contributed by atoms with Gasteiger partial charge >= 0.3 is 0 Å². The molecule has 0 fully saturated rings. The van der Waals surface area contributed by atoms with Crippen molar-refractivity contribution >= 4 is 5.91 Å². The molecule has 0 spiro atoms. The minimum Gasteiger partial charge on any atom is -0.359 e. The van der Waals surface area contributed by atoms with Crippen molar-refractivity contribution in [2.45, 2.75) is 20.8 Å². The summed E-state index contributed by atoms with van der Waals surface area (Å²) < 4.78 is 20.2. The average molecular weight is 118 g/mol. The number of amides is 1. The van der Waals surface area contributed by atoms with E-state index in [2.05, 4.69) is 0 Å². The molecule has 0 heterocycles. The van der Waals surface area contributed by atoms with Crippen LogP contribution in [0.2, 0.25) is 0 Å². The highest BCUT2D eigenvalue weighted by atomic mass is 16.2. The third-order valence-electron chi connectivity index (χ3n) is 0.795. The molecular formula is C6H13NO. The van der Waals surface area contributed by atoms with Crippen LogP contribution in [0.4, 0.5) is 0 Å². The smallest absolute Gasteiger partial charge is 0.225 e. The van der Waals surface area contributed by atoms with Gasteiger partial charge in [0.15, 0.2) is 0 Å². The maximum Gasteiger partial charge on any atom is 0.225 e. The van der Waals surface area contributed by atoms with Crippen molar-refractivity contribution in [2.75, 3.05) is 6.98 Å². The third-order valence-corrected chi connectivity index (χ3v) is 0.795. The lowest BCUT2D eigenvalue weighted by Crippen LogP contribution is -2.31. The minimum atomic E-state index is -2.37. The molecule has 0 aliphatic heterocycles. The zero-order chi connectivity index (χ0) is 9.28. The molecule has 0 saturated carbocycles. The van der Waals surface area contributed by atoms with Gasteiger partial charge in [0, 0.05) is 16.5 Å². The second kappa shape index (κ2) is 2.16. The molecule has 8 heavy (non-hydrogen) atoms. The SMILES string of the molecule is [2H]C([2H])([2H])NC(=O)C(C)(C)C. The van der Waals surface area contributed by atoms with Crippen LogP contribution in [0.15, 0.2) is 0 Å². The molecule has 0 bridgehead atoms. The van der Waals surface area contributed by atoms with E-state index in [1.54, 1.807) is 20.8 Å². The van der Waals surface area contributed by atoms with Gasteiger partial charge in [-0.05, 0) is 0 Å². The van der Waals surface area contributed by atoms with Gasteiger partial charge in [0.25, 0.3) is 0 Å². The normalized spacial score (nSPS) is 18.1. The maximum atomic E-state index is 11.0. The Morgan fingerprint density at radius 3 is 2.25 bits per heavy atom. The van der Waals surface area contributed by atoms with Crippen LogP contribution >= 0.6 is 0 Å². The lowest BCUT2D eigenvalue weighted by atomic mass is 9.96. The van der Waals surface area contributed by atoms with Gasteiger partial charge in [-0.25, -0.2) is 0 Å². The summed E-state index contributed by atoms with van der Waals surface area (Å²) in [7, 11) is 0. The number of carbonyl (C=O) groups is 1. The second-order valence-electron chi connectivity index (χ2n) is 2.70. The van der Waals surface area contributed by atoms with Crippen molar-refractivity contribution in [3.05, 3.63) is 0 Å². The zero-order valence-corrected chi connectivity index (χ0v) is 5.41. The highest BCUT2D eigenvalue weighted by Gasteiger charge is 2.18. The fourth-order valence-electron chi connectivity index (χ4n) is 0.188. The highest BCUT2D eigenvalue weighted by Crippen LogP contribution is 2.11. The molecule has 1 amide bonds. The second-order valence-corrected chi connectivity index (χ2v) is 2.70. The Labute approximate surface area is 54.5 Å². The van der Waals surface area contributed by atoms with Crippen molar-refractivity contribution in [3.63, 3.8) is 0 Å². The highest BCUT2D eigenvalue weighted by molar-refractivity contribution is 5.80. The predicted molar refractivity (Wildman–Crippen MR) is 33.5 cm³/mol. The molecular weight excluding hydrogens is 102 g/mol. The number of hydrogen-bond donors (Lipinski definition) is 1. The van der Waals surface area contributed by atoms with Crippen molar-refractivity contribution in [3.8, 4) is 0 Å². The molecule has 0 aromatic rings. The summed E-state index contributed by atoms with van der Waals surface area (Å²) in [6, 6.07) is 0. The Bertz CT molecular complexity index is 156. The van der Waals surface area contributed by atoms with Gasteiger partial charge in [0.2, 0.25) is 5.91 Å². The lowest BCUT2D eigenvalue weighted by Gasteiger charge is -2.14. The van der Waals surface area contributed by atoms with E-state index in [1.165, 1.54) is 0 Å². The van der Waals surface area contributed by atoms with E-state index in [0.717, 1.165) is 0 Å². The van der Waals surface area contributed by atoms with Crippen LogP contribution < -0.4 is 5.32 Å². The van der Waals surface area contributed by atoms with E-state index in [0.29, 0.717) is 0 Å². The molecule has 1 N–H and O–H groups in total. The van der Waals surface area contributed by atoms with Crippen LogP contribution in [-0.2, 0) is 4.79 Å². The fraction of sp³-hybridized carbons (Fsp3) is 0.833. The van der Waals surface area contributed by atoms with Gasteiger partial charge in [0.1, 0.15) is 0 Å². The third kappa shape index (κ3) is 1.96. The van der Waals surface area contributed by atoms with Gasteiger partial charge in [-0.15, -0.1) is 0 Å². The fourth-order valence-corrected chi connectivity index (χ4v) is 0.188. The Kier molecular flexibility index (Phi) is 0.941. The summed E-state index contributed by atoms with van der Waals surface area (Å²) in [5.74, 6) is -0.461. The Morgan fingerprint density at radius 2 is 2.12 bits per heavy atom. The van der Waals surface area contributed by atoms with E-state index >= 15 is 0 Å². The summed E-state index contributed by atoms with van der Waals surface area (Å²) in [5, 5.41) is 1.92. The molecule has 0 aliphatic rings. The number of hydrogen-bond acceptors (Lipinski definition) is 1. The van der Waals surface area contributed by atoms with Crippen LogP contribution in [0.5, 0.6) is 0 Å². The van der Waals surface area contributed by atoms with Crippen molar-refractivity contribution in [1.29, 1.82) is 0 Å². The Balaban J connectivity index is 4.11. The number of carbonyl (C=O) groups excluding carboxylic acids is 1. The first-order chi connectivity index (χ1) is 4.63. The van der Waals surface area contributed by atoms with Crippen LogP contribution in [0.1, 0.15) is 24.9 Å². The topological polar surface area (TPSA) is 29.1 Å². The molecule has 0 rings (SSSR count). The van der Waals surface area contributed by atoms with Crippen LogP contribution in [0, 0.1) is 5.41 Å². The summed E-state index contributed by atoms with van der Waals surface area (Å²) >= 11 is 0. The standard InChI is InChI=1S/C6H13NO/c1-6(2,3)5(8)7-4/h1-4H3,(H,7,8)/i4D3. The molecule has 2 heteroatoms. The largest absolute Gasteiger partial charge is 0.359 e. The molecule has 0 radical (unpaired) electrons. The Morgan fingerprint density at radius 1 is 1.62 bits per heavy atom. The van der Waals surface area contributed by atoms with E-state index in [9.17, 15) is 4.79 Å². The molecule has 48 valence electrons. The summed E-state index contributed by atoms with van der Waals surface area (Å²) in [6.45, 7) is 2.61. The molecule has 0 aromatic heterocycles. The van der Waals surface area contributed by atoms with Crippen LogP contribution in [-0.4, -0.2) is 12.9 Å². The van der Waals surface area contributed by atoms with Crippen LogP contribution in [0.25, 0.3) is 0 Å². The molecule has 0 aliphatic carbocycles. The van der Waals surface area contributed by atoms with E-state index < -0.39 is 18.3 Å². The summed E-state index contributed by atoms with van der Waals surface area (Å²) in [5.41, 5.74) is -0.644. The van der Waals surface area contributed by atoms with Crippen molar-refractivity contribution < 1.29 is 8.91 Å². The first kappa shape index (κ1) is 3.49. The van der Waals surface area contributed by atoms with E-state index in [1.807, 2.05) is 5.32 Å². The first-order valence-corrected chi connectivity index (χ1v) is 2.45. The molecule has 2 nitrogen and oxygen atoms in total. The zero-order valence-electron chi connectivity index (χ0n) is 8.41. The Hall–Kier alpha value is -0.530. The predicted octanol–water partition coefficient (Wildman–Crippen LogP) is 0.778. The van der Waals surface area contributed by atoms with Gasteiger partial charge < -0.3 is 5.32 Å². The summed E-state index contributed by atoms with van der Waals surface area (Å²) in [4.78, 5) is 11.0. The number of nitrogens with one attached hydrogen (secondary N) is 1. The lowest BCUT2D eigenvalue weighted by molar-refractivity contribution is -0.127. The maximum absolute atomic E-state index is 11.0.